The van der Waals surface area contributed by atoms with Crippen molar-refractivity contribution in [3.63, 3.8) is 0 Å². The van der Waals surface area contributed by atoms with Crippen LogP contribution in [0.15, 0.2) is 16.8 Å². The Bertz CT molecular complexity index is 1750. The number of H-pyrrole nitrogens is 2. The van der Waals surface area contributed by atoms with Crippen molar-refractivity contribution in [1.29, 1.82) is 0 Å². The molecule has 0 unspecified atom stereocenters. The average Bonchev–Trinajstić information content (AvgIpc) is 3.56. The van der Waals surface area contributed by atoms with Crippen LogP contribution in [-0.4, -0.2) is 66.7 Å². The molecule has 2 saturated heterocycles. The molecule has 2 fully saturated rings. The summed E-state index contributed by atoms with van der Waals surface area (Å²) in [5.41, 5.74) is 7.66. The topological polar surface area (TPSA) is 164 Å². The summed E-state index contributed by atoms with van der Waals surface area (Å²) in [5, 5.41) is 26.9. The number of hydrogen-bond donors (Lipinski definition) is 7. The maximum absolute atomic E-state index is 12.7. The van der Waals surface area contributed by atoms with Crippen molar-refractivity contribution in [3.8, 4) is 0 Å². The molecule has 5 rings (SSSR count). The normalized spacial score (nSPS) is 24.6. The average molecular weight is 654 g/mol. The van der Waals surface area contributed by atoms with E-state index in [-0.39, 0.29) is 42.5 Å². The van der Waals surface area contributed by atoms with Gasteiger partial charge in [-0.1, -0.05) is 6.92 Å². The van der Waals surface area contributed by atoms with Crippen LogP contribution in [-0.2, 0) is 43.8 Å². The second-order valence-corrected chi connectivity index (χ2v) is 13.9. The first-order chi connectivity index (χ1) is 21.4. The molecular weight excluding hydrogens is 613 g/mol. The van der Waals surface area contributed by atoms with Gasteiger partial charge in [-0.25, -0.2) is 0 Å². The number of aromatic nitrogens is 2. The first kappa shape index (κ1) is 32.7. The van der Waals surface area contributed by atoms with Gasteiger partial charge in [0.05, 0.1) is 11.6 Å². The Hall–Kier alpha value is -3.64. The number of aliphatic carboxylic acids is 2. The Labute approximate surface area is 271 Å². The van der Waals surface area contributed by atoms with Gasteiger partial charge in [-0.2, -0.15) is 12.6 Å². The van der Waals surface area contributed by atoms with Crippen LogP contribution in [0.1, 0.15) is 66.8 Å². The SMILES string of the molecule is CC1=C([C@@H]2C[SH+]2)C(=O)N[C@@H]1/C=c1/[nH]/c(=C\c2[nH]c(/C=C3\NC(=O)[C@H](C)[C@H]3CCS)c(C)c2CCC(=O)O)c(CCC(=O)O)c1C. The highest BCUT2D eigenvalue weighted by molar-refractivity contribution is 7.87. The smallest absolute Gasteiger partial charge is 0.303 e. The number of carboxylic acid groups (broad SMARTS) is 2. The maximum Gasteiger partial charge on any atom is 0.303 e. The highest BCUT2D eigenvalue weighted by Gasteiger charge is 2.46. The third-order valence-corrected chi connectivity index (χ3v) is 10.5. The van der Waals surface area contributed by atoms with E-state index in [1.165, 1.54) is 11.8 Å². The van der Waals surface area contributed by atoms with Crippen molar-refractivity contribution in [2.24, 2.45) is 11.8 Å². The van der Waals surface area contributed by atoms with E-state index in [4.69, 9.17) is 0 Å². The van der Waals surface area contributed by atoms with E-state index in [1.807, 2.05) is 45.9 Å². The van der Waals surface area contributed by atoms with E-state index >= 15 is 0 Å². The summed E-state index contributed by atoms with van der Waals surface area (Å²) in [6, 6.07) is -0.257. The molecule has 12 heteroatoms. The van der Waals surface area contributed by atoms with Crippen molar-refractivity contribution in [1.82, 2.24) is 20.6 Å². The van der Waals surface area contributed by atoms with Crippen molar-refractivity contribution in [2.75, 3.05) is 11.5 Å². The number of carbonyl (C=O) groups is 4. The lowest BCUT2D eigenvalue weighted by Gasteiger charge is -2.12. The van der Waals surface area contributed by atoms with Gasteiger partial charge in [-0.15, -0.1) is 0 Å². The summed E-state index contributed by atoms with van der Waals surface area (Å²) in [6.45, 7) is 7.77. The molecule has 2 amide bonds. The number of carbonyl (C=O) groups excluding carboxylic acids is 2. The Morgan fingerprint density at radius 2 is 1.62 bits per heavy atom. The van der Waals surface area contributed by atoms with E-state index in [0.717, 1.165) is 67.7 Å². The third kappa shape index (κ3) is 6.96. The van der Waals surface area contributed by atoms with Crippen LogP contribution < -0.4 is 21.3 Å². The molecule has 240 valence electrons. The standard InChI is InChI=1S/C33H40N4O6S2/c1-15-19(5-7-29(38)39)25(34-22(15)11-24-18(4)31(28-14-45-28)33(43)36-24)13-26-20(6-8-30(40)41)16(2)23(35-26)12-27-21(9-10-44)17(3)32(42)37-27/h11-13,17,21,24,28,34-35,44H,5-10,14H2,1-4H3,(H,36,43)(H,37,42)(H,38,39)(H,40,41)/p+1/b22-11+,25-13-,27-12-/t17-,21-,24-,28+/m1/s1. The number of allylic oxidation sites excluding steroid dienone is 1. The van der Waals surface area contributed by atoms with Crippen LogP contribution in [0, 0.1) is 25.7 Å². The molecule has 0 bridgehead atoms. The summed E-state index contributed by atoms with van der Waals surface area (Å²) in [4.78, 5) is 55.3. The van der Waals surface area contributed by atoms with E-state index in [2.05, 4.69) is 33.2 Å². The predicted octanol–water partition coefficient (Wildman–Crippen LogP) is 1.66. The highest BCUT2D eigenvalue weighted by Crippen LogP contribution is 2.33. The molecule has 3 aliphatic rings. The number of carboxylic acids is 2. The minimum absolute atomic E-state index is 0.00733. The van der Waals surface area contributed by atoms with Gasteiger partial charge in [-0.05, 0) is 104 Å². The number of aromatic amines is 2. The number of hydrogen-bond acceptors (Lipinski definition) is 5. The number of thiol groups is 2. The van der Waals surface area contributed by atoms with Crippen LogP contribution in [0.4, 0.5) is 0 Å². The lowest BCUT2D eigenvalue weighted by Crippen LogP contribution is -2.29. The van der Waals surface area contributed by atoms with E-state index in [1.54, 1.807) is 0 Å². The molecule has 10 nitrogen and oxygen atoms in total. The second kappa shape index (κ2) is 13.4. The largest absolute Gasteiger partial charge is 0.481 e. The van der Waals surface area contributed by atoms with Gasteiger partial charge in [0, 0.05) is 52.5 Å². The van der Waals surface area contributed by atoms with Gasteiger partial charge >= 0.3 is 11.9 Å². The van der Waals surface area contributed by atoms with Crippen LogP contribution in [0.3, 0.4) is 0 Å². The molecule has 0 aliphatic carbocycles. The number of rotatable bonds is 12. The minimum atomic E-state index is -0.908. The summed E-state index contributed by atoms with van der Waals surface area (Å²) in [7, 11) is 0. The van der Waals surface area contributed by atoms with Gasteiger partial charge in [0.25, 0.3) is 5.91 Å². The lowest BCUT2D eigenvalue weighted by molar-refractivity contribution is -0.138. The van der Waals surface area contributed by atoms with Crippen LogP contribution in [0.5, 0.6) is 0 Å². The molecule has 0 aromatic carbocycles. The van der Waals surface area contributed by atoms with Gasteiger partial charge in [0.1, 0.15) is 0 Å². The maximum atomic E-state index is 12.7. The quantitative estimate of drug-likeness (QED) is 0.105. The van der Waals surface area contributed by atoms with E-state index in [0.29, 0.717) is 29.5 Å². The molecule has 0 saturated carbocycles. The first-order valence-electron chi connectivity index (χ1n) is 15.3. The van der Waals surface area contributed by atoms with Crippen molar-refractivity contribution < 1.29 is 29.4 Å². The summed E-state index contributed by atoms with van der Waals surface area (Å²) >= 11 is 5.66. The van der Waals surface area contributed by atoms with Crippen LogP contribution in [0.25, 0.3) is 18.2 Å². The van der Waals surface area contributed by atoms with Gasteiger partial charge < -0.3 is 30.8 Å². The summed E-state index contributed by atoms with van der Waals surface area (Å²) < 4.78 is 0. The van der Waals surface area contributed by atoms with E-state index < -0.39 is 11.9 Å². The summed E-state index contributed by atoms with van der Waals surface area (Å²) in [6.07, 6.45) is 7.06. The number of nitrogens with one attached hydrogen (secondary N) is 4. The van der Waals surface area contributed by atoms with Crippen molar-refractivity contribution in [2.45, 2.75) is 71.1 Å². The Balaban J connectivity index is 1.62. The van der Waals surface area contributed by atoms with Crippen LogP contribution >= 0.6 is 12.6 Å². The van der Waals surface area contributed by atoms with Crippen molar-refractivity contribution in [3.05, 3.63) is 61.2 Å². The van der Waals surface area contributed by atoms with E-state index in [9.17, 15) is 29.4 Å². The molecule has 45 heavy (non-hydrogen) atoms. The monoisotopic (exact) mass is 653 g/mol. The molecule has 2 aromatic heterocycles. The molecule has 0 spiro atoms. The summed E-state index contributed by atoms with van der Waals surface area (Å²) in [5.74, 6) is -0.392. The Kier molecular flexibility index (Phi) is 9.74. The molecule has 6 N–H and O–H groups in total. The van der Waals surface area contributed by atoms with Gasteiger partial charge in [-0.3, -0.25) is 19.2 Å². The molecule has 3 aliphatic heterocycles. The van der Waals surface area contributed by atoms with Gasteiger partial charge in [0.15, 0.2) is 11.0 Å². The Morgan fingerprint density at radius 3 is 2.24 bits per heavy atom. The zero-order valence-corrected chi connectivity index (χ0v) is 27.7. The third-order valence-electron chi connectivity index (χ3n) is 9.25. The fourth-order valence-corrected chi connectivity index (χ4v) is 7.54. The predicted molar refractivity (Wildman–Crippen MR) is 180 cm³/mol. The molecular formula is C33H41N4O6S2+. The molecule has 0 radical (unpaired) electrons. The van der Waals surface area contributed by atoms with Gasteiger partial charge in [0.2, 0.25) is 5.91 Å². The van der Waals surface area contributed by atoms with Crippen molar-refractivity contribution >= 4 is 66.4 Å². The highest BCUT2D eigenvalue weighted by atomic mass is 32.2. The molecule has 4 atom stereocenters. The van der Waals surface area contributed by atoms with Crippen LogP contribution in [0.2, 0.25) is 0 Å². The zero-order chi connectivity index (χ0) is 32.6. The number of amides is 2. The minimum Gasteiger partial charge on any atom is -0.481 e. The first-order valence-corrected chi connectivity index (χ1v) is 17.0. The fourth-order valence-electron chi connectivity index (χ4n) is 6.47. The molecule has 5 heterocycles. The lowest BCUT2D eigenvalue weighted by atomic mass is 9.91. The fraction of sp³-hybridized carbons (Fsp3) is 0.455. The molecule has 2 aromatic rings. The Morgan fingerprint density at radius 1 is 0.956 bits per heavy atom. The second-order valence-electron chi connectivity index (χ2n) is 12.1. The zero-order valence-electron chi connectivity index (χ0n) is 25.9.